The van der Waals surface area contributed by atoms with E-state index in [9.17, 15) is 14.4 Å². The average Bonchev–Trinajstić information content (AvgIpc) is 2.32. The van der Waals surface area contributed by atoms with Gasteiger partial charge in [-0.15, -0.1) is 0 Å². The van der Waals surface area contributed by atoms with Gasteiger partial charge in [0.1, 0.15) is 6.04 Å². The van der Waals surface area contributed by atoms with Gasteiger partial charge in [-0.1, -0.05) is 6.07 Å². The van der Waals surface area contributed by atoms with E-state index in [4.69, 9.17) is 10.2 Å². The highest BCUT2D eigenvalue weighted by Gasteiger charge is 2.22. The molecule has 0 aromatic heterocycles. The molecule has 2 amide bonds. The Kier molecular flexibility index (Phi) is 5.08. The van der Waals surface area contributed by atoms with Gasteiger partial charge in [-0.3, -0.25) is 4.79 Å². The van der Waals surface area contributed by atoms with E-state index in [0.717, 1.165) is 11.1 Å². The average molecular weight is 280 g/mol. The van der Waals surface area contributed by atoms with Crippen molar-refractivity contribution in [1.82, 2.24) is 5.32 Å². The number of hydrogen-bond acceptors (Lipinski definition) is 3. The fourth-order valence-electron chi connectivity index (χ4n) is 1.52. The van der Waals surface area contributed by atoms with Crippen LogP contribution in [0.5, 0.6) is 0 Å². The minimum atomic E-state index is -1.47. The third-order valence-corrected chi connectivity index (χ3v) is 2.75. The van der Waals surface area contributed by atoms with Gasteiger partial charge in [0, 0.05) is 5.69 Å². The first-order valence-corrected chi connectivity index (χ1v) is 5.89. The number of rotatable bonds is 5. The lowest BCUT2D eigenvalue weighted by Crippen LogP contribution is -2.44. The number of urea groups is 1. The van der Waals surface area contributed by atoms with Crippen LogP contribution in [0.1, 0.15) is 17.5 Å². The molecule has 0 aliphatic heterocycles. The molecule has 0 saturated heterocycles. The molecule has 108 valence electrons. The third-order valence-electron chi connectivity index (χ3n) is 2.75. The summed E-state index contributed by atoms with van der Waals surface area (Å²) >= 11 is 0. The van der Waals surface area contributed by atoms with E-state index < -0.39 is 30.4 Å². The smallest absolute Gasteiger partial charge is 0.326 e. The third kappa shape index (κ3) is 4.60. The number of aryl methyl sites for hydroxylation is 2. The second-order valence-electron chi connectivity index (χ2n) is 4.39. The summed E-state index contributed by atoms with van der Waals surface area (Å²) in [7, 11) is 0. The summed E-state index contributed by atoms with van der Waals surface area (Å²) in [5.41, 5.74) is 2.54. The molecule has 0 saturated carbocycles. The monoisotopic (exact) mass is 280 g/mol. The first kappa shape index (κ1) is 15.5. The number of aliphatic carboxylic acids is 2. The molecule has 0 spiro atoms. The Morgan fingerprint density at radius 1 is 1.15 bits per heavy atom. The van der Waals surface area contributed by atoms with Gasteiger partial charge in [0.05, 0.1) is 6.42 Å². The molecule has 20 heavy (non-hydrogen) atoms. The van der Waals surface area contributed by atoms with Crippen molar-refractivity contribution in [2.24, 2.45) is 0 Å². The zero-order chi connectivity index (χ0) is 15.3. The van der Waals surface area contributed by atoms with E-state index in [0.29, 0.717) is 5.69 Å². The summed E-state index contributed by atoms with van der Waals surface area (Å²) in [6, 6.07) is 2.99. The lowest BCUT2D eigenvalue weighted by molar-refractivity contribution is -0.145. The zero-order valence-corrected chi connectivity index (χ0v) is 11.1. The molecular formula is C13H16N2O5. The predicted molar refractivity (Wildman–Crippen MR) is 71.7 cm³/mol. The van der Waals surface area contributed by atoms with Crippen LogP contribution >= 0.6 is 0 Å². The van der Waals surface area contributed by atoms with Crippen molar-refractivity contribution in [3.8, 4) is 0 Å². The SMILES string of the molecule is Cc1ccc(NC(=O)NC(CC(=O)O)C(=O)O)cc1C. The van der Waals surface area contributed by atoms with Crippen LogP contribution in [-0.4, -0.2) is 34.2 Å². The Morgan fingerprint density at radius 2 is 1.80 bits per heavy atom. The molecule has 0 heterocycles. The lowest BCUT2D eigenvalue weighted by Gasteiger charge is -2.13. The zero-order valence-electron chi connectivity index (χ0n) is 11.1. The number of carboxylic acids is 2. The first-order chi connectivity index (χ1) is 9.29. The molecule has 0 bridgehead atoms. The summed E-state index contributed by atoms with van der Waals surface area (Å²) in [5, 5.41) is 21.9. The number of amides is 2. The van der Waals surface area contributed by atoms with Crippen LogP contribution in [-0.2, 0) is 9.59 Å². The summed E-state index contributed by atoms with van der Waals surface area (Å²) in [4.78, 5) is 32.9. The van der Waals surface area contributed by atoms with Crippen molar-refractivity contribution in [1.29, 1.82) is 0 Å². The number of carboxylic acid groups (broad SMARTS) is 2. The maximum absolute atomic E-state index is 11.6. The Labute approximate surface area is 115 Å². The molecule has 7 heteroatoms. The number of nitrogens with one attached hydrogen (secondary N) is 2. The number of hydrogen-bond donors (Lipinski definition) is 4. The van der Waals surface area contributed by atoms with Crippen molar-refractivity contribution >= 4 is 23.7 Å². The van der Waals surface area contributed by atoms with E-state index in [1.54, 1.807) is 12.1 Å². The Hall–Kier alpha value is -2.57. The fourth-order valence-corrected chi connectivity index (χ4v) is 1.52. The summed E-state index contributed by atoms with van der Waals surface area (Å²) in [6.07, 6.45) is -0.685. The van der Waals surface area contributed by atoms with Crippen molar-refractivity contribution in [3.05, 3.63) is 29.3 Å². The van der Waals surface area contributed by atoms with Crippen LogP contribution in [0.3, 0.4) is 0 Å². The van der Waals surface area contributed by atoms with Crippen LogP contribution in [0.4, 0.5) is 10.5 Å². The number of carbonyl (C=O) groups is 3. The fraction of sp³-hybridized carbons (Fsp3) is 0.308. The molecule has 0 fully saturated rings. The van der Waals surface area contributed by atoms with Crippen LogP contribution in [0.25, 0.3) is 0 Å². The lowest BCUT2D eigenvalue weighted by atomic mass is 10.1. The maximum Gasteiger partial charge on any atom is 0.326 e. The molecule has 0 radical (unpaired) electrons. The number of carbonyl (C=O) groups excluding carboxylic acids is 1. The van der Waals surface area contributed by atoms with E-state index in [1.807, 2.05) is 19.9 Å². The van der Waals surface area contributed by atoms with Crippen molar-refractivity contribution in [2.75, 3.05) is 5.32 Å². The quantitative estimate of drug-likeness (QED) is 0.649. The maximum atomic E-state index is 11.6. The van der Waals surface area contributed by atoms with Gasteiger partial charge in [-0.2, -0.15) is 0 Å². The van der Waals surface area contributed by atoms with Crippen LogP contribution in [0.15, 0.2) is 18.2 Å². The van der Waals surface area contributed by atoms with E-state index in [-0.39, 0.29) is 0 Å². The van der Waals surface area contributed by atoms with Gasteiger partial charge in [0.25, 0.3) is 0 Å². The van der Waals surface area contributed by atoms with E-state index in [2.05, 4.69) is 10.6 Å². The molecular weight excluding hydrogens is 264 g/mol. The molecule has 0 aliphatic rings. The summed E-state index contributed by atoms with van der Waals surface area (Å²) in [5.74, 6) is -2.70. The summed E-state index contributed by atoms with van der Waals surface area (Å²) < 4.78 is 0. The van der Waals surface area contributed by atoms with Crippen LogP contribution < -0.4 is 10.6 Å². The summed E-state index contributed by atoms with van der Waals surface area (Å²) in [6.45, 7) is 3.80. The Morgan fingerprint density at radius 3 is 2.30 bits per heavy atom. The van der Waals surface area contributed by atoms with Crippen molar-refractivity contribution < 1.29 is 24.6 Å². The minimum absolute atomic E-state index is 0.505. The molecule has 1 atom stereocenters. The Bertz CT molecular complexity index is 542. The van der Waals surface area contributed by atoms with Gasteiger partial charge in [0.2, 0.25) is 0 Å². The molecule has 0 aliphatic carbocycles. The number of benzene rings is 1. The van der Waals surface area contributed by atoms with Gasteiger partial charge in [-0.25, -0.2) is 9.59 Å². The second kappa shape index (κ2) is 6.55. The highest BCUT2D eigenvalue weighted by Crippen LogP contribution is 2.13. The molecule has 7 nitrogen and oxygen atoms in total. The molecule has 4 N–H and O–H groups in total. The molecule has 1 rings (SSSR count). The van der Waals surface area contributed by atoms with Gasteiger partial charge >= 0.3 is 18.0 Å². The first-order valence-electron chi connectivity index (χ1n) is 5.89. The predicted octanol–water partition coefficient (Wildman–Crippen LogP) is 1.35. The standard InChI is InChI=1S/C13H16N2O5/c1-7-3-4-9(5-8(7)2)14-13(20)15-10(12(18)19)6-11(16)17/h3-5,10H,6H2,1-2H3,(H,16,17)(H,18,19)(H2,14,15,20). The largest absolute Gasteiger partial charge is 0.481 e. The van der Waals surface area contributed by atoms with Crippen LogP contribution in [0, 0.1) is 13.8 Å². The van der Waals surface area contributed by atoms with E-state index >= 15 is 0 Å². The van der Waals surface area contributed by atoms with Gasteiger partial charge in [-0.05, 0) is 37.1 Å². The Balaban J connectivity index is 2.67. The van der Waals surface area contributed by atoms with Crippen molar-refractivity contribution in [2.45, 2.75) is 26.3 Å². The molecule has 1 unspecified atom stereocenters. The minimum Gasteiger partial charge on any atom is -0.481 e. The second-order valence-corrected chi connectivity index (χ2v) is 4.39. The van der Waals surface area contributed by atoms with Crippen molar-refractivity contribution in [3.63, 3.8) is 0 Å². The molecule has 1 aromatic carbocycles. The highest BCUT2D eigenvalue weighted by molar-refractivity contribution is 5.93. The van der Waals surface area contributed by atoms with Gasteiger partial charge in [0.15, 0.2) is 0 Å². The topological polar surface area (TPSA) is 116 Å². The van der Waals surface area contributed by atoms with Crippen LogP contribution in [0.2, 0.25) is 0 Å². The normalized spacial score (nSPS) is 11.5. The number of anilines is 1. The van der Waals surface area contributed by atoms with Gasteiger partial charge < -0.3 is 20.8 Å². The molecule has 1 aromatic rings. The highest BCUT2D eigenvalue weighted by atomic mass is 16.4. The van der Waals surface area contributed by atoms with E-state index in [1.165, 1.54) is 0 Å².